The summed E-state index contributed by atoms with van der Waals surface area (Å²) in [5.41, 5.74) is 0.882. The molecule has 166 valence electrons. The van der Waals surface area contributed by atoms with E-state index in [-0.39, 0.29) is 31.4 Å². The molecule has 3 fully saturated rings. The third-order valence-electron chi connectivity index (χ3n) is 7.40. The van der Waals surface area contributed by atoms with Gasteiger partial charge in [0, 0.05) is 37.7 Å². The Kier molecular flexibility index (Phi) is 3.99. The fraction of sp³-hybridized carbons (Fsp3) is 0.458. The van der Waals surface area contributed by atoms with E-state index < -0.39 is 16.9 Å². The van der Waals surface area contributed by atoms with Gasteiger partial charge in [0.25, 0.3) is 5.92 Å². The molecule has 2 saturated heterocycles. The molecule has 1 atom stereocenters. The Hall–Kier alpha value is -3.03. The molecule has 1 saturated carbocycles. The Bertz CT molecular complexity index is 1120. The first-order valence-corrected chi connectivity index (χ1v) is 11.0. The summed E-state index contributed by atoms with van der Waals surface area (Å²) in [6, 6.07) is 11.0. The number of rotatable bonds is 3. The number of hydrogen-bond donors (Lipinski definition) is 0. The van der Waals surface area contributed by atoms with Crippen molar-refractivity contribution in [3.63, 3.8) is 0 Å². The molecule has 0 N–H and O–H groups in total. The monoisotopic (exact) mass is 439 g/mol. The highest BCUT2D eigenvalue weighted by atomic mass is 19.3. The Morgan fingerprint density at radius 1 is 1.00 bits per heavy atom. The summed E-state index contributed by atoms with van der Waals surface area (Å²) < 4.78 is 32.8. The summed E-state index contributed by atoms with van der Waals surface area (Å²) in [5, 5.41) is 0. The van der Waals surface area contributed by atoms with Crippen LogP contribution >= 0.6 is 0 Å². The van der Waals surface area contributed by atoms with Crippen LogP contribution in [0.1, 0.15) is 47.2 Å². The highest BCUT2D eigenvalue weighted by Gasteiger charge is 2.58. The first kappa shape index (κ1) is 19.6. The van der Waals surface area contributed by atoms with Crippen LogP contribution in [0.15, 0.2) is 42.6 Å². The molecule has 2 aromatic rings. The van der Waals surface area contributed by atoms with Gasteiger partial charge in [-0.15, -0.1) is 0 Å². The standard InChI is InChI=1S/C24H23F2N3O3/c25-24(26)10-12-28(15-24)19-6-5-16(13-27-19)22(7-8-22)21(31)29-11-9-23(14-29)18-4-2-1-3-17(18)20(30)32-23/h1-6,13H,7-12,14-15H2/t23-/m0/s1. The van der Waals surface area contributed by atoms with Crippen molar-refractivity contribution in [2.45, 2.75) is 42.6 Å². The first-order chi connectivity index (χ1) is 15.3. The predicted molar refractivity (Wildman–Crippen MR) is 112 cm³/mol. The van der Waals surface area contributed by atoms with Crippen molar-refractivity contribution >= 4 is 17.7 Å². The number of ether oxygens (including phenoxy) is 1. The molecule has 8 heteroatoms. The zero-order valence-corrected chi connectivity index (χ0v) is 17.5. The second-order valence-corrected chi connectivity index (χ2v) is 9.42. The summed E-state index contributed by atoms with van der Waals surface area (Å²) in [6.07, 6.45) is 3.54. The number of alkyl halides is 2. The average molecular weight is 439 g/mol. The molecule has 3 aliphatic heterocycles. The van der Waals surface area contributed by atoms with Crippen LogP contribution in [0.4, 0.5) is 14.6 Å². The zero-order valence-electron chi connectivity index (χ0n) is 17.5. The summed E-state index contributed by atoms with van der Waals surface area (Å²) in [4.78, 5) is 33.7. The van der Waals surface area contributed by atoms with Crippen LogP contribution in [0.5, 0.6) is 0 Å². The third-order valence-corrected chi connectivity index (χ3v) is 7.40. The minimum atomic E-state index is -2.68. The van der Waals surface area contributed by atoms with Gasteiger partial charge in [-0.3, -0.25) is 4.79 Å². The fourth-order valence-electron chi connectivity index (χ4n) is 5.45. The molecular formula is C24H23F2N3O3. The van der Waals surface area contributed by atoms with Crippen LogP contribution in [0.2, 0.25) is 0 Å². The number of halogens is 2. The number of amides is 1. The Morgan fingerprint density at radius 3 is 2.50 bits per heavy atom. The SMILES string of the molecule is O=C1O[C@]2(CCN(C(=O)C3(c4ccc(N5CCC(F)(F)C5)nc4)CC3)C2)c2ccccc21. The molecule has 1 spiro atoms. The molecule has 1 amide bonds. The molecule has 0 bridgehead atoms. The van der Waals surface area contributed by atoms with Gasteiger partial charge in [0.15, 0.2) is 5.60 Å². The molecule has 6 rings (SSSR count). The van der Waals surface area contributed by atoms with Gasteiger partial charge >= 0.3 is 5.97 Å². The van der Waals surface area contributed by atoms with Crippen molar-refractivity contribution in [1.82, 2.24) is 9.88 Å². The number of carbonyl (C=O) groups excluding carboxylic acids is 2. The number of fused-ring (bicyclic) bond motifs is 2. The van der Waals surface area contributed by atoms with E-state index in [1.54, 1.807) is 28.1 Å². The Morgan fingerprint density at radius 2 is 1.81 bits per heavy atom. The lowest BCUT2D eigenvalue weighted by molar-refractivity contribution is -0.134. The number of anilines is 1. The van der Waals surface area contributed by atoms with Crippen LogP contribution in [0, 0.1) is 0 Å². The van der Waals surface area contributed by atoms with Gasteiger partial charge in [0.2, 0.25) is 5.91 Å². The molecule has 0 radical (unpaired) electrons. The van der Waals surface area contributed by atoms with Crippen molar-refractivity contribution < 1.29 is 23.1 Å². The van der Waals surface area contributed by atoms with Crippen LogP contribution in [0.3, 0.4) is 0 Å². The quantitative estimate of drug-likeness (QED) is 0.687. The second-order valence-electron chi connectivity index (χ2n) is 9.42. The maximum absolute atomic E-state index is 13.5. The number of benzene rings is 1. The molecule has 4 aliphatic rings. The summed E-state index contributed by atoms with van der Waals surface area (Å²) in [7, 11) is 0. The number of carbonyl (C=O) groups is 2. The van der Waals surface area contributed by atoms with Crippen molar-refractivity contribution in [1.29, 1.82) is 0 Å². The molecule has 1 aliphatic carbocycles. The molecule has 32 heavy (non-hydrogen) atoms. The molecule has 0 unspecified atom stereocenters. The number of pyridine rings is 1. The van der Waals surface area contributed by atoms with E-state index in [9.17, 15) is 18.4 Å². The summed E-state index contributed by atoms with van der Waals surface area (Å²) in [6.45, 7) is 0.834. The van der Waals surface area contributed by atoms with E-state index in [1.165, 1.54) is 0 Å². The fourth-order valence-corrected chi connectivity index (χ4v) is 5.45. The number of esters is 1. The van der Waals surface area contributed by atoms with Gasteiger partial charge in [-0.1, -0.05) is 24.3 Å². The number of aromatic nitrogens is 1. The van der Waals surface area contributed by atoms with Crippen molar-refractivity contribution in [3.8, 4) is 0 Å². The molecule has 1 aromatic carbocycles. The second kappa shape index (κ2) is 6.49. The Balaban J connectivity index is 1.21. The van der Waals surface area contributed by atoms with Gasteiger partial charge in [0.1, 0.15) is 5.82 Å². The van der Waals surface area contributed by atoms with Crippen LogP contribution < -0.4 is 4.90 Å². The van der Waals surface area contributed by atoms with E-state index >= 15 is 0 Å². The molecule has 1 aromatic heterocycles. The first-order valence-electron chi connectivity index (χ1n) is 11.0. The van der Waals surface area contributed by atoms with Gasteiger partial charge in [0.05, 0.1) is 24.1 Å². The van der Waals surface area contributed by atoms with E-state index in [4.69, 9.17) is 4.74 Å². The van der Waals surface area contributed by atoms with Gasteiger partial charge in [-0.25, -0.2) is 18.6 Å². The maximum Gasteiger partial charge on any atom is 0.339 e. The van der Waals surface area contributed by atoms with Crippen molar-refractivity contribution in [2.75, 3.05) is 31.1 Å². The molecule has 6 nitrogen and oxygen atoms in total. The number of likely N-dealkylation sites (tertiary alicyclic amines) is 1. The topological polar surface area (TPSA) is 62.7 Å². The summed E-state index contributed by atoms with van der Waals surface area (Å²) >= 11 is 0. The predicted octanol–water partition coefficient (Wildman–Crippen LogP) is 3.26. The summed E-state index contributed by atoms with van der Waals surface area (Å²) in [5.74, 6) is -2.47. The number of nitrogens with zero attached hydrogens (tertiary/aromatic N) is 3. The lowest BCUT2D eigenvalue weighted by atomic mass is 9.91. The minimum Gasteiger partial charge on any atom is -0.449 e. The molecule has 4 heterocycles. The largest absolute Gasteiger partial charge is 0.449 e. The lowest BCUT2D eigenvalue weighted by Crippen LogP contribution is -2.40. The number of hydrogen-bond acceptors (Lipinski definition) is 5. The average Bonchev–Trinajstić information content (AvgIpc) is 3.25. The highest BCUT2D eigenvalue weighted by Crippen LogP contribution is 2.52. The van der Waals surface area contributed by atoms with E-state index in [1.807, 2.05) is 24.3 Å². The zero-order chi connectivity index (χ0) is 22.1. The van der Waals surface area contributed by atoms with Gasteiger partial charge in [-0.2, -0.15) is 0 Å². The lowest BCUT2D eigenvalue weighted by Gasteiger charge is -2.27. The van der Waals surface area contributed by atoms with Gasteiger partial charge in [-0.05, 0) is 30.5 Å². The molecular weight excluding hydrogens is 416 g/mol. The van der Waals surface area contributed by atoms with E-state index in [0.29, 0.717) is 30.9 Å². The van der Waals surface area contributed by atoms with Crippen molar-refractivity contribution in [2.24, 2.45) is 0 Å². The van der Waals surface area contributed by atoms with Gasteiger partial charge < -0.3 is 14.5 Å². The third kappa shape index (κ3) is 2.84. The van der Waals surface area contributed by atoms with Crippen LogP contribution in [0.25, 0.3) is 0 Å². The van der Waals surface area contributed by atoms with E-state index in [0.717, 1.165) is 24.0 Å². The minimum absolute atomic E-state index is 0.0251. The van der Waals surface area contributed by atoms with Crippen LogP contribution in [-0.2, 0) is 20.5 Å². The van der Waals surface area contributed by atoms with Crippen LogP contribution in [-0.4, -0.2) is 53.9 Å². The van der Waals surface area contributed by atoms with E-state index in [2.05, 4.69) is 4.98 Å². The highest BCUT2D eigenvalue weighted by molar-refractivity contribution is 5.96. The smallest absolute Gasteiger partial charge is 0.339 e. The normalized spacial score (nSPS) is 27.0. The Labute approximate surface area is 184 Å². The van der Waals surface area contributed by atoms with Crippen molar-refractivity contribution in [3.05, 3.63) is 59.3 Å². The maximum atomic E-state index is 13.5.